The number of carboxylic acid groups (broad SMARTS) is 1. The molecule has 0 spiro atoms. The van der Waals surface area contributed by atoms with E-state index in [4.69, 9.17) is 5.11 Å². The molecule has 0 saturated carbocycles. The fourth-order valence-electron chi connectivity index (χ4n) is 1.04. The van der Waals surface area contributed by atoms with Crippen LogP contribution in [0.1, 0.15) is 20.8 Å². The zero-order valence-electron chi connectivity index (χ0n) is 10.1. The lowest BCUT2D eigenvalue weighted by Gasteiger charge is -2.20. The summed E-state index contributed by atoms with van der Waals surface area (Å²) >= 11 is 0. The Kier molecular flexibility index (Phi) is 5.56. The van der Waals surface area contributed by atoms with Crippen molar-refractivity contribution in [2.24, 2.45) is 5.92 Å². The van der Waals surface area contributed by atoms with Gasteiger partial charge in [-0.2, -0.15) is 4.72 Å². The van der Waals surface area contributed by atoms with Crippen LogP contribution in [0.25, 0.3) is 0 Å². The third-order valence-corrected chi connectivity index (χ3v) is 3.93. The zero-order valence-corrected chi connectivity index (χ0v) is 10.9. The minimum atomic E-state index is -4.07. The van der Waals surface area contributed by atoms with E-state index in [-0.39, 0.29) is 0 Å². The van der Waals surface area contributed by atoms with Crippen LogP contribution in [0.15, 0.2) is 0 Å². The molecular formula is C9H17NO6S. The van der Waals surface area contributed by atoms with E-state index in [0.29, 0.717) is 0 Å². The summed E-state index contributed by atoms with van der Waals surface area (Å²) in [4.78, 5) is 21.9. The molecule has 0 fully saturated rings. The van der Waals surface area contributed by atoms with Gasteiger partial charge < -0.3 is 9.84 Å². The first-order chi connectivity index (χ1) is 7.63. The molecule has 1 unspecified atom stereocenters. The lowest BCUT2D eigenvalue weighted by molar-refractivity contribution is -0.141. The van der Waals surface area contributed by atoms with Gasteiger partial charge in [0, 0.05) is 0 Å². The number of carbonyl (C=O) groups excluding carboxylic acids is 1. The number of rotatable bonds is 6. The van der Waals surface area contributed by atoms with Gasteiger partial charge in [0.25, 0.3) is 0 Å². The average molecular weight is 267 g/mol. The minimum absolute atomic E-state index is 0.438. The molecule has 0 radical (unpaired) electrons. The van der Waals surface area contributed by atoms with Gasteiger partial charge in [0.2, 0.25) is 10.0 Å². The third-order valence-electron chi connectivity index (χ3n) is 2.22. The molecule has 8 heteroatoms. The van der Waals surface area contributed by atoms with Crippen LogP contribution in [-0.2, 0) is 24.3 Å². The Balaban J connectivity index is 4.97. The van der Waals surface area contributed by atoms with Crippen LogP contribution >= 0.6 is 0 Å². The standard InChI is InChI=1S/C9H17NO6S/c1-5(2)7(8(11)12)10-17(14,15)6(3)9(13)16-4/h5-7,10H,1-4H3,(H,11,12)/t6?,7-/m0/s1. The second kappa shape index (κ2) is 5.97. The van der Waals surface area contributed by atoms with E-state index in [9.17, 15) is 18.0 Å². The van der Waals surface area contributed by atoms with Gasteiger partial charge in [0.15, 0.2) is 5.25 Å². The molecular weight excluding hydrogens is 250 g/mol. The van der Waals surface area contributed by atoms with Crippen LogP contribution in [0, 0.1) is 5.92 Å². The SMILES string of the molecule is COC(=O)C(C)S(=O)(=O)N[C@H](C(=O)O)C(C)C. The van der Waals surface area contributed by atoms with E-state index in [2.05, 4.69) is 4.74 Å². The first-order valence-corrected chi connectivity index (χ1v) is 6.50. The highest BCUT2D eigenvalue weighted by Gasteiger charge is 2.34. The van der Waals surface area contributed by atoms with E-state index in [1.54, 1.807) is 13.8 Å². The minimum Gasteiger partial charge on any atom is -0.480 e. The number of nitrogens with one attached hydrogen (secondary N) is 1. The van der Waals surface area contributed by atoms with Crippen LogP contribution < -0.4 is 4.72 Å². The van der Waals surface area contributed by atoms with Crippen LogP contribution in [0.3, 0.4) is 0 Å². The van der Waals surface area contributed by atoms with Crippen molar-refractivity contribution in [3.05, 3.63) is 0 Å². The summed E-state index contributed by atoms with van der Waals surface area (Å²) < 4.78 is 29.6. The van der Waals surface area contributed by atoms with Gasteiger partial charge in [-0.3, -0.25) is 9.59 Å². The van der Waals surface area contributed by atoms with E-state index in [0.717, 1.165) is 14.0 Å². The predicted octanol–water partition coefficient (Wildman–Crippen LogP) is -0.423. The lowest BCUT2D eigenvalue weighted by atomic mass is 10.1. The Labute approximate surface area is 100 Å². The number of carbonyl (C=O) groups is 2. The highest BCUT2D eigenvalue weighted by molar-refractivity contribution is 7.90. The van der Waals surface area contributed by atoms with Crippen molar-refractivity contribution in [1.29, 1.82) is 0 Å². The van der Waals surface area contributed by atoms with E-state index in [1.807, 2.05) is 4.72 Å². The number of methoxy groups -OCH3 is 1. The highest BCUT2D eigenvalue weighted by atomic mass is 32.2. The molecule has 100 valence electrons. The van der Waals surface area contributed by atoms with Gasteiger partial charge in [0.1, 0.15) is 6.04 Å². The number of aliphatic carboxylic acids is 1. The Morgan fingerprint density at radius 3 is 2.00 bits per heavy atom. The van der Waals surface area contributed by atoms with Gasteiger partial charge >= 0.3 is 11.9 Å². The van der Waals surface area contributed by atoms with Crippen molar-refractivity contribution < 1.29 is 27.9 Å². The molecule has 0 amide bonds. The molecule has 0 heterocycles. The summed E-state index contributed by atoms with van der Waals surface area (Å²) in [5.41, 5.74) is 0. The van der Waals surface area contributed by atoms with Crippen molar-refractivity contribution in [3.63, 3.8) is 0 Å². The molecule has 0 aliphatic carbocycles. The molecule has 0 aliphatic rings. The molecule has 2 atom stereocenters. The van der Waals surface area contributed by atoms with Gasteiger partial charge in [-0.25, -0.2) is 8.42 Å². The molecule has 0 aromatic carbocycles. The second-order valence-corrected chi connectivity index (χ2v) is 5.92. The molecule has 17 heavy (non-hydrogen) atoms. The Morgan fingerprint density at radius 2 is 1.71 bits per heavy atom. The van der Waals surface area contributed by atoms with Gasteiger partial charge in [0.05, 0.1) is 7.11 Å². The predicted molar refractivity (Wildman–Crippen MR) is 59.8 cm³/mol. The smallest absolute Gasteiger partial charge is 0.325 e. The van der Waals surface area contributed by atoms with Crippen molar-refractivity contribution in [2.75, 3.05) is 7.11 Å². The molecule has 0 aliphatic heterocycles. The third kappa shape index (κ3) is 4.31. The number of sulfonamides is 1. The summed E-state index contributed by atoms with van der Waals surface area (Å²) in [7, 11) is -3.01. The van der Waals surface area contributed by atoms with Crippen molar-refractivity contribution in [2.45, 2.75) is 32.1 Å². The van der Waals surface area contributed by atoms with Crippen molar-refractivity contribution in [1.82, 2.24) is 4.72 Å². The summed E-state index contributed by atoms with van der Waals surface area (Å²) in [5.74, 6) is -2.67. The summed E-state index contributed by atoms with van der Waals surface area (Å²) in [5, 5.41) is 7.39. The summed E-state index contributed by atoms with van der Waals surface area (Å²) in [6, 6.07) is -1.27. The quantitative estimate of drug-likeness (QED) is 0.632. The first-order valence-electron chi connectivity index (χ1n) is 4.95. The maximum atomic E-state index is 11.7. The molecule has 0 aromatic heterocycles. The number of ether oxygens (including phenoxy) is 1. The fraction of sp³-hybridized carbons (Fsp3) is 0.778. The van der Waals surface area contributed by atoms with Crippen LogP contribution in [-0.4, -0.2) is 43.9 Å². The molecule has 0 aromatic rings. The van der Waals surface area contributed by atoms with Gasteiger partial charge in [-0.1, -0.05) is 13.8 Å². The van der Waals surface area contributed by atoms with Gasteiger partial charge in [-0.05, 0) is 12.8 Å². The summed E-state index contributed by atoms with van der Waals surface area (Å²) in [6.07, 6.45) is 0. The monoisotopic (exact) mass is 267 g/mol. The van der Waals surface area contributed by atoms with Gasteiger partial charge in [-0.15, -0.1) is 0 Å². The van der Waals surface area contributed by atoms with Crippen LogP contribution in [0.5, 0.6) is 0 Å². The number of esters is 1. The van der Waals surface area contributed by atoms with Crippen molar-refractivity contribution >= 4 is 22.0 Å². The van der Waals surface area contributed by atoms with E-state index >= 15 is 0 Å². The normalized spacial score (nSPS) is 15.4. The average Bonchev–Trinajstić information content (AvgIpc) is 2.22. The number of hydrogen-bond donors (Lipinski definition) is 2. The summed E-state index contributed by atoms with van der Waals surface area (Å²) in [6.45, 7) is 4.25. The maximum Gasteiger partial charge on any atom is 0.325 e. The van der Waals surface area contributed by atoms with Crippen molar-refractivity contribution in [3.8, 4) is 0 Å². The number of hydrogen-bond acceptors (Lipinski definition) is 5. The second-order valence-electron chi connectivity index (χ2n) is 3.89. The first kappa shape index (κ1) is 15.9. The Bertz CT molecular complexity index is 388. The van der Waals surface area contributed by atoms with E-state index in [1.165, 1.54) is 0 Å². The molecule has 2 N–H and O–H groups in total. The number of carboxylic acids is 1. The largest absolute Gasteiger partial charge is 0.480 e. The molecule has 0 bridgehead atoms. The Hall–Kier alpha value is -1.15. The lowest BCUT2D eigenvalue weighted by Crippen LogP contribution is -2.49. The van der Waals surface area contributed by atoms with Crippen LogP contribution in [0.4, 0.5) is 0 Å². The highest BCUT2D eigenvalue weighted by Crippen LogP contribution is 2.08. The topological polar surface area (TPSA) is 110 Å². The maximum absolute atomic E-state index is 11.7. The fourth-order valence-corrected chi connectivity index (χ4v) is 2.32. The Morgan fingerprint density at radius 1 is 1.24 bits per heavy atom. The zero-order chi connectivity index (χ0) is 13.8. The molecule has 0 saturated heterocycles. The molecule has 7 nitrogen and oxygen atoms in total. The van der Waals surface area contributed by atoms with E-state index < -0.39 is 39.2 Å². The molecule has 0 rings (SSSR count). The van der Waals surface area contributed by atoms with Crippen LogP contribution in [0.2, 0.25) is 0 Å².